The van der Waals surface area contributed by atoms with Gasteiger partial charge < -0.3 is 10.2 Å². The number of aromatic nitrogens is 5. The summed E-state index contributed by atoms with van der Waals surface area (Å²) in [7, 11) is 0. The van der Waals surface area contributed by atoms with Gasteiger partial charge in [0.1, 0.15) is 5.82 Å². The minimum atomic E-state index is -0.423. The summed E-state index contributed by atoms with van der Waals surface area (Å²) in [6.45, 7) is 2.56. The molecule has 0 saturated carbocycles. The van der Waals surface area contributed by atoms with Crippen LogP contribution in [0.2, 0.25) is 0 Å². The monoisotopic (exact) mass is 441 g/mol. The molecule has 0 fully saturated rings. The third kappa shape index (κ3) is 4.33. The van der Waals surface area contributed by atoms with Gasteiger partial charge in [0.05, 0.1) is 12.1 Å². The third-order valence-electron chi connectivity index (χ3n) is 5.32. The van der Waals surface area contributed by atoms with Gasteiger partial charge in [-0.05, 0) is 65.4 Å². The third-order valence-corrected chi connectivity index (χ3v) is 5.32. The highest BCUT2D eigenvalue weighted by Crippen LogP contribution is 2.23. The Balaban J connectivity index is 1.53. The molecule has 2 aromatic carbocycles. The van der Waals surface area contributed by atoms with Crippen LogP contribution in [0.3, 0.4) is 0 Å². The molecule has 5 rings (SSSR count). The lowest BCUT2D eigenvalue weighted by Crippen LogP contribution is -2.34. The van der Waals surface area contributed by atoms with Crippen LogP contribution < -0.4 is 5.32 Å². The molecule has 5 aromatic rings. The van der Waals surface area contributed by atoms with E-state index in [0.717, 1.165) is 27.6 Å². The molecule has 0 unspecified atom stereocenters. The number of urea groups is 1. The number of amides is 2. The van der Waals surface area contributed by atoms with Gasteiger partial charge in [0.25, 0.3) is 0 Å². The van der Waals surface area contributed by atoms with Crippen LogP contribution in [0.4, 0.5) is 14.9 Å². The molecule has 0 radical (unpaired) electrons. The van der Waals surface area contributed by atoms with Crippen molar-refractivity contribution in [2.45, 2.75) is 20.0 Å². The zero-order valence-corrected chi connectivity index (χ0v) is 17.8. The first-order chi connectivity index (χ1) is 16.1. The Morgan fingerprint density at radius 1 is 1.09 bits per heavy atom. The summed E-state index contributed by atoms with van der Waals surface area (Å²) in [5.41, 5.74) is 4.58. The molecule has 0 aliphatic heterocycles. The van der Waals surface area contributed by atoms with Gasteiger partial charge in [0.2, 0.25) is 0 Å². The number of hydrogen-bond acceptors (Lipinski definition) is 5. The van der Waals surface area contributed by atoms with Gasteiger partial charge in [-0.15, -0.1) is 5.10 Å². The zero-order chi connectivity index (χ0) is 22.8. The number of pyridine rings is 2. The second-order valence-corrected chi connectivity index (χ2v) is 7.80. The van der Waals surface area contributed by atoms with E-state index in [1.165, 1.54) is 12.1 Å². The minimum Gasteiger partial charge on any atom is -0.316 e. The lowest BCUT2D eigenvalue weighted by atomic mass is 10.1. The first-order valence-electron chi connectivity index (χ1n) is 10.4. The highest BCUT2D eigenvalue weighted by Gasteiger charge is 2.19. The van der Waals surface area contributed by atoms with E-state index in [2.05, 4.69) is 31.9 Å². The number of carbonyl (C=O) groups is 1. The molecule has 0 saturated heterocycles. The number of rotatable bonds is 5. The standard InChI is InChI=1S/C24H20FN7O/c1-16-7-8-22-18(10-16)11-19(23-28-29-30-32(22)23)15-31(14-17-4-3-9-26-13-17)24(33)27-21-6-2-5-20(25)12-21/h2-13H,14-15H2,1H3,(H,27,33). The van der Waals surface area contributed by atoms with Gasteiger partial charge in [-0.3, -0.25) is 4.98 Å². The molecule has 0 aliphatic rings. The number of nitrogens with one attached hydrogen (secondary N) is 1. The highest BCUT2D eigenvalue weighted by molar-refractivity contribution is 5.90. The van der Waals surface area contributed by atoms with Crippen molar-refractivity contribution in [1.82, 2.24) is 29.9 Å². The maximum atomic E-state index is 13.6. The van der Waals surface area contributed by atoms with Gasteiger partial charge in [0.15, 0.2) is 5.65 Å². The fraction of sp³-hybridized carbons (Fsp3) is 0.125. The molecule has 3 aromatic heterocycles. The molecule has 2 amide bonds. The van der Waals surface area contributed by atoms with E-state index in [-0.39, 0.29) is 12.6 Å². The van der Waals surface area contributed by atoms with Gasteiger partial charge in [-0.25, -0.2) is 9.18 Å². The Morgan fingerprint density at radius 2 is 2.00 bits per heavy atom. The van der Waals surface area contributed by atoms with E-state index in [1.807, 2.05) is 37.3 Å². The maximum Gasteiger partial charge on any atom is 0.322 e. The minimum absolute atomic E-state index is 0.240. The number of hydrogen-bond donors (Lipinski definition) is 1. The number of tetrazole rings is 1. The fourth-order valence-electron chi connectivity index (χ4n) is 3.79. The number of benzene rings is 2. The predicted octanol–water partition coefficient (Wildman–Crippen LogP) is 4.35. The summed E-state index contributed by atoms with van der Waals surface area (Å²) in [4.78, 5) is 19.0. The lowest BCUT2D eigenvalue weighted by Gasteiger charge is -2.23. The quantitative estimate of drug-likeness (QED) is 0.438. The van der Waals surface area contributed by atoms with Crippen molar-refractivity contribution in [3.63, 3.8) is 0 Å². The summed E-state index contributed by atoms with van der Waals surface area (Å²) in [6.07, 6.45) is 3.39. The van der Waals surface area contributed by atoms with Crippen molar-refractivity contribution >= 4 is 28.3 Å². The zero-order valence-electron chi connectivity index (χ0n) is 17.8. The van der Waals surface area contributed by atoms with Crippen molar-refractivity contribution in [1.29, 1.82) is 0 Å². The second kappa shape index (κ2) is 8.62. The van der Waals surface area contributed by atoms with E-state index >= 15 is 0 Å². The van der Waals surface area contributed by atoms with E-state index in [1.54, 1.807) is 33.9 Å². The number of aryl methyl sites for hydroxylation is 1. The number of halogens is 1. The molecular weight excluding hydrogens is 421 g/mol. The summed E-state index contributed by atoms with van der Waals surface area (Å²) in [5, 5.41) is 15.9. The van der Waals surface area contributed by atoms with Crippen LogP contribution in [0.5, 0.6) is 0 Å². The molecule has 164 valence electrons. The van der Waals surface area contributed by atoms with Gasteiger partial charge >= 0.3 is 6.03 Å². The van der Waals surface area contributed by atoms with Crippen molar-refractivity contribution in [2.24, 2.45) is 0 Å². The van der Waals surface area contributed by atoms with Crippen LogP contribution in [0, 0.1) is 12.7 Å². The highest BCUT2D eigenvalue weighted by atomic mass is 19.1. The number of nitrogens with zero attached hydrogens (tertiary/aromatic N) is 6. The van der Waals surface area contributed by atoms with Crippen LogP contribution in [0.1, 0.15) is 16.7 Å². The average molecular weight is 441 g/mol. The molecule has 0 bridgehead atoms. The normalized spacial score (nSPS) is 11.1. The molecule has 33 heavy (non-hydrogen) atoms. The Hall–Kier alpha value is -4.40. The van der Waals surface area contributed by atoms with Crippen LogP contribution in [0.25, 0.3) is 16.6 Å². The molecule has 8 nitrogen and oxygen atoms in total. The van der Waals surface area contributed by atoms with Crippen LogP contribution in [-0.4, -0.2) is 36.0 Å². The van der Waals surface area contributed by atoms with E-state index in [9.17, 15) is 9.18 Å². The Bertz CT molecular complexity index is 1450. The SMILES string of the molecule is Cc1ccc2c(c1)cc(CN(Cc1cccnc1)C(=O)Nc1cccc(F)c1)c1nnnn12. The van der Waals surface area contributed by atoms with Crippen LogP contribution in [0.15, 0.2) is 73.1 Å². The Labute approximate surface area is 188 Å². The van der Waals surface area contributed by atoms with E-state index in [4.69, 9.17) is 0 Å². The molecular formula is C24H20FN7O. The lowest BCUT2D eigenvalue weighted by molar-refractivity contribution is 0.206. The van der Waals surface area contributed by atoms with Gasteiger partial charge in [-0.1, -0.05) is 23.8 Å². The number of anilines is 1. The first-order valence-corrected chi connectivity index (χ1v) is 10.4. The largest absolute Gasteiger partial charge is 0.322 e. The van der Waals surface area contributed by atoms with Crippen LogP contribution >= 0.6 is 0 Å². The van der Waals surface area contributed by atoms with Crippen molar-refractivity contribution in [3.8, 4) is 0 Å². The van der Waals surface area contributed by atoms with Crippen molar-refractivity contribution in [2.75, 3.05) is 5.32 Å². The molecule has 1 N–H and O–H groups in total. The summed E-state index contributed by atoms with van der Waals surface area (Å²) >= 11 is 0. The van der Waals surface area contributed by atoms with Crippen molar-refractivity contribution < 1.29 is 9.18 Å². The Kier molecular flexibility index (Phi) is 5.35. The predicted molar refractivity (Wildman–Crippen MR) is 122 cm³/mol. The van der Waals surface area contributed by atoms with E-state index < -0.39 is 5.82 Å². The number of carbonyl (C=O) groups excluding carboxylic acids is 1. The molecule has 3 heterocycles. The maximum absolute atomic E-state index is 13.6. The summed E-state index contributed by atoms with van der Waals surface area (Å²) in [6, 6.07) is 17.2. The topological polar surface area (TPSA) is 88.3 Å². The van der Waals surface area contributed by atoms with Crippen molar-refractivity contribution in [3.05, 3.63) is 95.6 Å². The smallest absolute Gasteiger partial charge is 0.316 e. The number of fused-ring (bicyclic) bond motifs is 3. The molecule has 0 atom stereocenters. The molecule has 0 spiro atoms. The van der Waals surface area contributed by atoms with Gasteiger partial charge in [-0.2, -0.15) is 4.52 Å². The molecule has 0 aliphatic carbocycles. The molecule has 9 heteroatoms. The van der Waals surface area contributed by atoms with Gasteiger partial charge in [0, 0.05) is 35.6 Å². The fourth-order valence-corrected chi connectivity index (χ4v) is 3.79. The summed E-state index contributed by atoms with van der Waals surface area (Å²) in [5.74, 6) is -0.423. The summed E-state index contributed by atoms with van der Waals surface area (Å²) < 4.78 is 15.3. The van der Waals surface area contributed by atoms with Crippen LogP contribution in [-0.2, 0) is 13.1 Å². The second-order valence-electron chi connectivity index (χ2n) is 7.80. The first kappa shape index (κ1) is 20.5. The Morgan fingerprint density at radius 3 is 2.82 bits per heavy atom. The average Bonchev–Trinajstić information content (AvgIpc) is 3.29. The van der Waals surface area contributed by atoms with E-state index in [0.29, 0.717) is 17.9 Å².